The molecule has 0 aromatic carbocycles. The largest absolute Gasteiger partial charge is 1.00 e. The first-order valence-electron chi connectivity index (χ1n) is 7.85. The molecule has 20 heteroatoms. The van der Waals surface area contributed by atoms with Crippen LogP contribution in [0, 0.1) is 0 Å². The van der Waals surface area contributed by atoms with E-state index < -0.39 is 85.3 Å². The Balaban J connectivity index is 0. The second-order valence-electron chi connectivity index (χ2n) is 5.74. The van der Waals surface area contributed by atoms with Crippen LogP contribution >= 0.6 is 0 Å². The standard InChI is InChI=1S/C13H13F13O6S/c14-8(15,2-1-3-30-4-5-31-6-7-32-33(27,28)29)9(16,17)10(18,19)11(20,21)12(22,23)13(24,25)26/h1-2H,3-7H2,(H,27,28,29). The summed E-state index contributed by atoms with van der Waals surface area (Å²) in [5.41, 5.74) is 0. The molecule has 0 unspecified atom stereocenters. The molecular weight excluding hydrogens is 531 g/mol. The summed E-state index contributed by atoms with van der Waals surface area (Å²) in [6, 6.07) is 0. The van der Waals surface area contributed by atoms with Crippen LogP contribution in [0.5, 0.6) is 0 Å². The minimum Gasteiger partial charge on any atom is -0.726 e. The van der Waals surface area contributed by atoms with E-state index in [1.54, 1.807) is 0 Å². The fourth-order valence-electron chi connectivity index (χ4n) is 1.65. The van der Waals surface area contributed by atoms with E-state index in [0.29, 0.717) is 0 Å². The maximum Gasteiger partial charge on any atom is 1.00 e. The first kappa shape index (κ1) is 31.6. The van der Waals surface area contributed by atoms with Crippen molar-refractivity contribution in [1.82, 2.24) is 0 Å². The van der Waals surface area contributed by atoms with Crippen LogP contribution in [0.2, 0.25) is 0 Å². The van der Waals surface area contributed by atoms with Crippen LogP contribution in [0.3, 0.4) is 0 Å². The van der Waals surface area contributed by atoms with Crippen LogP contribution in [-0.2, 0) is 24.1 Å². The lowest BCUT2D eigenvalue weighted by Crippen LogP contribution is -2.69. The topological polar surface area (TPSA) is 84.9 Å². The second kappa shape index (κ2) is 10.5. The van der Waals surface area contributed by atoms with E-state index in [1.807, 2.05) is 0 Å². The van der Waals surface area contributed by atoms with Crippen LogP contribution in [0.15, 0.2) is 12.2 Å². The molecule has 0 aliphatic rings. The summed E-state index contributed by atoms with van der Waals surface area (Å²) < 4.78 is 210. The zero-order valence-electron chi connectivity index (χ0n) is 16.5. The summed E-state index contributed by atoms with van der Waals surface area (Å²) in [5.74, 6) is -37.4. The highest BCUT2D eigenvalue weighted by molar-refractivity contribution is 7.80. The van der Waals surface area contributed by atoms with E-state index >= 15 is 0 Å². The van der Waals surface area contributed by atoms with Gasteiger partial charge in [-0.15, -0.1) is 0 Å². The molecule has 0 aliphatic carbocycles. The highest BCUT2D eigenvalue weighted by Crippen LogP contribution is 2.60. The number of allylic oxidation sites excluding steroid dienone is 1. The van der Waals surface area contributed by atoms with E-state index in [4.69, 9.17) is 0 Å². The number of hydrogen-bond acceptors (Lipinski definition) is 6. The van der Waals surface area contributed by atoms with Gasteiger partial charge in [-0.3, -0.25) is 4.18 Å². The Morgan fingerprint density at radius 2 is 1.09 bits per heavy atom. The third-order valence-corrected chi connectivity index (χ3v) is 3.78. The fraction of sp³-hybridized carbons (Fsp3) is 0.846. The normalized spacial score (nSPS) is 15.5. The Morgan fingerprint density at radius 1 is 0.667 bits per heavy atom. The van der Waals surface area contributed by atoms with Crippen LogP contribution in [0.4, 0.5) is 57.1 Å². The number of rotatable bonds is 14. The zero-order valence-corrected chi connectivity index (χ0v) is 16.3. The van der Waals surface area contributed by atoms with E-state index in [2.05, 4.69) is 13.7 Å². The monoisotopic (exact) mass is 544 g/mol. The van der Waals surface area contributed by atoms with Crippen molar-refractivity contribution in [2.24, 2.45) is 0 Å². The molecule has 33 heavy (non-hydrogen) atoms. The molecule has 0 fully saturated rings. The molecule has 0 aromatic rings. The molecule has 0 rings (SSSR count). The van der Waals surface area contributed by atoms with Gasteiger partial charge < -0.3 is 14.0 Å². The van der Waals surface area contributed by atoms with E-state index in [1.165, 1.54) is 0 Å². The Labute approximate surface area is 177 Å². The van der Waals surface area contributed by atoms with E-state index in [9.17, 15) is 70.0 Å². The molecule has 0 aromatic heterocycles. The lowest BCUT2D eigenvalue weighted by molar-refractivity contribution is -0.436. The minimum absolute atomic E-state index is 0. The number of ether oxygens (including phenoxy) is 2. The van der Waals surface area contributed by atoms with Gasteiger partial charge in [-0.1, -0.05) is 6.08 Å². The molecule has 0 heterocycles. The van der Waals surface area contributed by atoms with Gasteiger partial charge in [0.25, 0.3) is 0 Å². The van der Waals surface area contributed by atoms with E-state index in [0.717, 1.165) is 0 Å². The SMILES string of the molecule is O=S(=O)([O-])OCCOCCOCC=CC(F)(F)C(F)(F)C(F)(F)C(F)(F)C(F)(F)C(F)(F)F.[H+]. The molecule has 0 bridgehead atoms. The highest BCUT2D eigenvalue weighted by Gasteiger charge is 2.90. The molecule has 6 nitrogen and oxygen atoms in total. The van der Waals surface area contributed by atoms with Crippen molar-refractivity contribution in [3.8, 4) is 0 Å². The molecule has 198 valence electrons. The first-order valence-corrected chi connectivity index (χ1v) is 9.18. The van der Waals surface area contributed by atoms with Gasteiger partial charge in [-0.05, 0) is 6.08 Å². The smallest absolute Gasteiger partial charge is 0.726 e. The lowest BCUT2D eigenvalue weighted by atomic mass is 9.94. The molecule has 0 amide bonds. The van der Waals surface area contributed by atoms with Gasteiger partial charge in [-0.2, -0.15) is 57.1 Å². The van der Waals surface area contributed by atoms with Crippen molar-refractivity contribution >= 4 is 10.4 Å². The Kier molecular flexibility index (Phi) is 10.0. The van der Waals surface area contributed by atoms with Crippen molar-refractivity contribution in [3.63, 3.8) is 0 Å². The summed E-state index contributed by atoms with van der Waals surface area (Å²) in [5, 5.41) is 0. The molecule has 0 N–H and O–H groups in total. The van der Waals surface area contributed by atoms with Gasteiger partial charge in [-0.25, -0.2) is 8.42 Å². The Hall–Kier alpha value is -1.38. The predicted molar refractivity (Wildman–Crippen MR) is 78.3 cm³/mol. The third-order valence-electron chi connectivity index (χ3n) is 3.33. The van der Waals surface area contributed by atoms with Crippen molar-refractivity contribution < 1.29 is 85.1 Å². The Morgan fingerprint density at radius 3 is 1.55 bits per heavy atom. The quantitative estimate of drug-likeness (QED) is 0.109. The van der Waals surface area contributed by atoms with Crippen LogP contribution < -0.4 is 0 Å². The third kappa shape index (κ3) is 7.30. The van der Waals surface area contributed by atoms with Crippen molar-refractivity contribution in [2.75, 3.05) is 33.0 Å². The number of halogens is 13. The second-order valence-corrected chi connectivity index (χ2v) is 6.79. The van der Waals surface area contributed by atoms with Crippen molar-refractivity contribution in [1.29, 1.82) is 0 Å². The van der Waals surface area contributed by atoms with Gasteiger partial charge in [0.15, 0.2) is 0 Å². The van der Waals surface area contributed by atoms with Crippen LogP contribution in [0.25, 0.3) is 0 Å². The van der Waals surface area contributed by atoms with E-state index in [-0.39, 0.29) is 7.50 Å². The average Bonchev–Trinajstić information content (AvgIpc) is 2.60. The summed E-state index contributed by atoms with van der Waals surface area (Å²) >= 11 is 0. The van der Waals surface area contributed by atoms with Crippen molar-refractivity contribution in [3.05, 3.63) is 12.2 Å². The number of hydrogen-bond donors (Lipinski definition) is 0. The zero-order chi connectivity index (χ0) is 26.6. The maximum absolute atomic E-state index is 13.4. The molecule has 0 radical (unpaired) electrons. The Bertz CT molecular complexity index is 770. The maximum atomic E-state index is 13.4. The van der Waals surface area contributed by atoms with Gasteiger partial charge in [0, 0.05) is 0 Å². The summed E-state index contributed by atoms with van der Waals surface area (Å²) in [7, 11) is -4.99. The molecular formula is C13H13F13O6S. The van der Waals surface area contributed by atoms with Crippen LogP contribution in [-0.4, -0.2) is 81.8 Å². The molecule has 0 saturated carbocycles. The molecule has 0 aliphatic heterocycles. The number of alkyl halides is 13. The van der Waals surface area contributed by atoms with Gasteiger partial charge in [0.05, 0.1) is 33.0 Å². The minimum atomic E-state index is -7.97. The predicted octanol–water partition coefficient (Wildman–Crippen LogP) is 3.90. The van der Waals surface area contributed by atoms with Gasteiger partial charge in [0.2, 0.25) is 10.4 Å². The highest BCUT2D eigenvalue weighted by atomic mass is 32.3. The first-order chi connectivity index (χ1) is 14.5. The van der Waals surface area contributed by atoms with Crippen LogP contribution in [0.1, 0.15) is 1.43 Å². The van der Waals surface area contributed by atoms with Crippen molar-refractivity contribution in [2.45, 2.75) is 35.8 Å². The summed E-state index contributed by atoms with van der Waals surface area (Å²) in [4.78, 5) is 0. The lowest BCUT2D eigenvalue weighted by Gasteiger charge is -2.39. The fourth-order valence-corrected chi connectivity index (χ4v) is 1.92. The summed E-state index contributed by atoms with van der Waals surface area (Å²) in [6.07, 6.45) is -8.81. The molecule has 0 spiro atoms. The van der Waals surface area contributed by atoms with Gasteiger partial charge in [0.1, 0.15) is 0 Å². The molecule has 0 atom stereocenters. The average molecular weight is 544 g/mol. The molecule has 0 saturated heterocycles. The van der Waals surface area contributed by atoms with Gasteiger partial charge >= 0.3 is 37.2 Å². The summed E-state index contributed by atoms with van der Waals surface area (Å²) in [6.45, 7) is -3.32.